The van der Waals surface area contributed by atoms with Crippen LogP contribution in [0.4, 0.5) is 0 Å². The number of carbonyl (C=O) groups is 5. The highest BCUT2D eigenvalue weighted by atomic mass is 16.4. The minimum atomic E-state index is -1.47. The first kappa shape index (κ1) is 18.3. The SMILES string of the molecule is NCC(=O)NCC(=O)NCC(=O)NC(CC(N)=O)C(=O)O. The maximum Gasteiger partial charge on any atom is 0.326 e. The van der Waals surface area contributed by atoms with Crippen LogP contribution >= 0.6 is 0 Å². The van der Waals surface area contributed by atoms with Crippen LogP contribution in [0.2, 0.25) is 0 Å². The summed E-state index contributed by atoms with van der Waals surface area (Å²) in [6.45, 7) is -1.16. The van der Waals surface area contributed by atoms with E-state index in [0.717, 1.165) is 0 Å². The van der Waals surface area contributed by atoms with Gasteiger partial charge in [-0.05, 0) is 0 Å². The third-order valence-electron chi connectivity index (χ3n) is 2.12. The van der Waals surface area contributed by atoms with Crippen LogP contribution in [-0.4, -0.2) is 60.4 Å². The molecule has 8 N–H and O–H groups in total. The number of rotatable bonds is 9. The van der Waals surface area contributed by atoms with E-state index in [1.165, 1.54) is 0 Å². The van der Waals surface area contributed by atoms with Gasteiger partial charge in [-0.15, -0.1) is 0 Å². The van der Waals surface area contributed by atoms with Crippen molar-refractivity contribution in [2.45, 2.75) is 12.5 Å². The summed E-state index contributed by atoms with van der Waals surface area (Å²) in [7, 11) is 0. The summed E-state index contributed by atoms with van der Waals surface area (Å²) >= 11 is 0. The molecule has 0 bridgehead atoms. The van der Waals surface area contributed by atoms with Gasteiger partial charge in [0.2, 0.25) is 23.6 Å². The highest BCUT2D eigenvalue weighted by molar-refractivity contribution is 5.91. The molecule has 0 heterocycles. The number of hydrogen-bond acceptors (Lipinski definition) is 6. The molecule has 0 aromatic carbocycles. The fourth-order valence-electron chi connectivity index (χ4n) is 1.14. The summed E-state index contributed by atoms with van der Waals surface area (Å²) < 4.78 is 0. The largest absolute Gasteiger partial charge is 0.480 e. The van der Waals surface area contributed by atoms with E-state index >= 15 is 0 Å². The molecule has 0 aromatic rings. The van der Waals surface area contributed by atoms with Crippen molar-refractivity contribution in [1.29, 1.82) is 0 Å². The monoisotopic (exact) mass is 303 g/mol. The van der Waals surface area contributed by atoms with Crippen molar-refractivity contribution in [2.24, 2.45) is 11.5 Å². The van der Waals surface area contributed by atoms with Crippen molar-refractivity contribution in [3.63, 3.8) is 0 Å². The molecule has 0 aliphatic rings. The summed E-state index contributed by atoms with van der Waals surface area (Å²) in [4.78, 5) is 54.8. The van der Waals surface area contributed by atoms with E-state index < -0.39 is 48.6 Å². The van der Waals surface area contributed by atoms with E-state index in [1.54, 1.807) is 0 Å². The van der Waals surface area contributed by atoms with Gasteiger partial charge in [-0.3, -0.25) is 19.2 Å². The normalized spacial score (nSPS) is 11.1. The van der Waals surface area contributed by atoms with Crippen LogP contribution < -0.4 is 27.4 Å². The molecule has 0 spiro atoms. The molecule has 11 heteroatoms. The van der Waals surface area contributed by atoms with Crippen LogP contribution in [0.1, 0.15) is 6.42 Å². The Morgan fingerprint density at radius 2 is 1.48 bits per heavy atom. The van der Waals surface area contributed by atoms with E-state index in [2.05, 4.69) is 10.6 Å². The summed E-state index contributed by atoms with van der Waals surface area (Å²) in [5.41, 5.74) is 9.84. The lowest BCUT2D eigenvalue weighted by Gasteiger charge is -2.13. The second kappa shape index (κ2) is 9.25. The predicted molar refractivity (Wildman–Crippen MR) is 68.5 cm³/mol. The van der Waals surface area contributed by atoms with Crippen molar-refractivity contribution in [2.75, 3.05) is 19.6 Å². The number of carboxylic acid groups (broad SMARTS) is 1. The molecular formula is C10H17N5O6. The topological polar surface area (TPSA) is 194 Å². The fourth-order valence-corrected chi connectivity index (χ4v) is 1.14. The number of carbonyl (C=O) groups excluding carboxylic acids is 4. The number of amides is 4. The van der Waals surface area contributed by atoms with E-state index in [9.17, 15) is 24.0 Å². The molecule has 0 aliphatic heterocycles. The number of hydrogen-bond donors (Lipinski definition) is 6. The zero-order valence-corrected chi connectivity index (χ0v) is 11.0. The molecule has 0 aliphatic carbocycles. The van der Waals surface area contributed by atoms with Gasteiger partial charge in [-0.2, -0.15) is 0 Å². The van der Waals surface area contributed by atoms with Crippen molar-refractivity contribution in [3.8, 4) is 0 Å². The molecule has 4 amide bonds. The van der Waals surface area contributed by atoms with Crippen LogP contribution in [-0.2, 0) is 24.0 Å². The number of nitrogens with two attached hydrogens (primary N) is 2. The second-order valence-electron chi connectivity index (χ2n) is 3.89. The van der Waals surface area contributed by atoms with Gasteiger partial charge in [-0.1, -0.05) is 0 Å². The maximum atomic E-state index is 11.4. The Morgan fingerprint density at radius 3 is 1.95 bits per heavy atom. The van der Waals surface area contributed by atoms with Crippen molar-refractivity contribution in [1.82, 2.24) is 16.0 Å². The summed E-state index contributed by atoms with van der Waals surface area (Å²) in [6.07, 6.45) is -0.568. The predicted octanol–water partition coefficient (Wildman–Crippen LogP) is -4.38. The van der Waals surface area contributed by atoms with Gasteiger partial charge >= 0.3 is 5.97 Å². The minimum absolute atomic E-state index is 0.277. The molecule has 0 saturated heterocycles. The van der Waals surface area contributed by atoms with Crippen LogP contribution in [0, 0.1) is 0 Å². The first-order chi connectivity index (χ1) is 9.76. The van der Waals surface area contributed by atoms with Crippen LogP contribution in [0.15, 0.2) is 0 Å². The Morgan fingerprint density at radius 1 is 0.952 bits per heavy atom. The number of nitrogens with one attached hydrogen (secondary N) is 3. The lowest BCUT2D eigenvalue weighted by atomic mass is 10.2. The van der Waals surface area contributed by atoms with Crippen molar-refractivity contribution >= 4 is 29.6 Å². The lowest BCUT2D eigenvalue weighted by Crippen LogP contribution is -2.48. The van der Waals surface area contributed by atoms with Gasteiger partial charge in [0.15, 0.2) is 0 Å². The summed E-state index contributed by atoms with van der Waals surface area (Å²) in [6, 6.07) is -1.47. The highest BCUT2D eigenvalue weighted by Gasteiger charge is 2.22. The van der Waals surface area contributed by atoms with E-state index in [0.29, 0.717) is 0 Å². The Bertz CT molecular complexity index is 438. The fraction of sp³-hybridized carbons (Fsp3) is 0.500. The standard InChI is InChI=1S/C10H17N5O6/c11-2-7(17)13-3-8(18)14-4-9(19)15-5(10(20)21)1-6(12)16/h5H,1-4,11H2,(H2,12,16)(H,13,17)(H,14,18)(H,15,19)(H,20,21). The third kappa shape index (κ3) is 8.93. The van der Waals surface area contributed by atoms with Crippen LogP contribution in [0.25, 0.3) is 0 Å². The zero-order chi connectivity index (χ0) is 16.4. The highest BCUT2D eigenvalue weighted by Crippen LogP contribution is 1.91. The molecule has 11 nitrogen and oxygen atoms in total. The lowest BCUT2D eigenvalue weighted by molar-refractivity contribution is -0.143. The summed E-state index contributed by atoms with van der Waals surface area (Å²) in [5.74, 6) is -4.34. The summed E-state index contributed by atoms with van der Waals surface area (Å²) in [5, 5.41) is 15.1. The Hall–Kier alpha value is -2.69. The average Bonchev–Trinajstić information content (AvgIpc) is 2.41. The third-order valence-corrected chi connectivity index (χ3v) is 2.12. The van der Waals surface area contributed by atoms with Gasteiger partial charge in [0.25, 0.3) is 0 Å². The molecule has 118 valence electrons. The average molecular weight is 303 g/mol. The second-order valence-corrected chi connectivity index (χ2v) is 3.89. The molecule has 1 unspecified atom stereocenters. The van der Waals surface area contributed by atoms with Crippen molar-refractivity contribution < 1.29 is 29.1 Å². The molecular weight excluding hydrogens is 286 g/mol. The molecule has 0 radical (unpaired) electrons. The van der Waals surface area contributed by atoms with Gasteiger partial charge in [-0.25, -0.2) is 4.79 Å². The smallest absolute Gasteiger partial charge is 0.326 e. The Kier molecular flexibility index (Phi) is 8.07. The minimum Gasteiger partial charge on any atom is -0.480 e. The first-order valence-electron chi connectivity index (χ1n) is 5.80. The van der Waals surface area contributed by atoms with E-state index in [4.69, 9.17) is 16.6 Å². The zero-order valence-electron chi connectivity index (χ0n) is 11.0. The number of primary amides is 1. The maximum absolute atomic E-state index is 11.4. The molecule has 0 rings (SSSR count). The van der Waals surface area contributed by atoms with Crippen LogP contribution in [0.5, 0.6) is 0 Å². The molecule has 0 aromatic heterocycles. The Labute approximate surface area is 119 Å². The van der Waals surface area contributed by atoms with E-state index in [-0.39, 0.29) is 13.1 Å². The van der Waals surface area contributed by atoms with Gasteiger partial charge in [0.1, 0.15) is 6.04 Å². The molecule has 1 atom stereocenters. The van der Waals surface area contributed by atoms with E-state index in [1.807, 2.05) is 5.32 Å². The molecule has 0 saturated carbocycles. The van der Waals surface area contributed by atoms with Gasteiger partial charge < -0.3 is 32.5 Å². The number of aliphatic carboxylic acids is 1. The van der Waals surface area contributed by atoms with Crippen molar-refractivity contribution in [3.05, 3.63) is 0 Å². The molecule has 21 heavy (non-hydrogen) atoms. The van der Waals surface area contributed by atoms with Gasteiger partial charge in [0, 0.05) is 0 Å². The first-order valence-corrected chi connectivity index (χ1v) is 5.80. The van der Waals surface area contributed by atoms with Crippen LogP contribution in [0.3, 0.4) is 0 Å². The Balaban J connectivity index is 4.12. The number of carboxylic acids is 1. The van der Waals surface area contributed by atoms with Gasteiger partial charge in [0.05, 0.1) is 26.1 Å². The molecule has 0 fully saturated rings. The quantitative estimate of drug-likeness (QED) is 0.247.